The molecule has 0 radical (unpaired) electrons. The predicted octanol–water partition coefficient (Wildman–Crippen LogP) is 3.67. The molecule has 1 heterocycles. The van der Waals surface area contributed by atoms with Gasteiger partial charge < -0.3 is 15.0 Å². The quantitative estimate of drug-likeness (QED) is 0.627. The maximum Gasteiger partial charge on any atom is 0.355 e. The highest BCUT2D eigenvalue weighted by atomic mass is 35.5. The summed E-state index contributed by atoms with van der Waals surface area (Å²) in [6, 6.07) is 6.57. The molecule has 2 N–H and O–H groups in total. The molecule has 1 atom stereocenters. The summed E-state index contributed by atoms with van der Waals surface area (Å²) >= 11 is 5.79. The standard InChI is InChI=1S/C18H19ClN2O4/c1-9-15(11(3)22)10(2)20-16(9)18(24)25-12(4)17(23)21-14-7-5-13(19)6-8-14/h5-8,12,20H,1-4H3,(H,21,23). The zero-order valence-electron chi connectivity index (χ0n) is 14.4. The van der Waals surface area contributed by atoms with Crippen molar-refractivity contribution in [3.05, 3.63) is 51.8 Å². The molecule has 6 nitrogen and oxygen atoms in total. The number of Topliss-reactive ketones (excluding diaryl/α,β-unsaturated/α-hetero) is 1. The Morgan fingerprint density at radius 2 is 1.76 bits per heavy atom. The van der Waals surface area contributed by atoms with Crippen LogP contribution in [0.25, 0.3) is 0 Å². The third-order valence-corrected chi connectivity index (χ3v) is 4.01. The largest absolute Gasteiger partial charge is 0.448 e. The summed E-state index contributed by atoms with van der Waals surface area (Å²) < 4.78 is 5.20. The monoisotopic (exact) mass is 362 g/mol. The molecule has 0 fully saturated rings. The Morgan fingerprint density at radius 3 is 2.28 bits per heavy atom. The molecule has 0 bridgehead atoms. The van der Waals surface area contributed by atoms with Gasteiger partial charge in [-0.1, -0.05) is 11.6 Å². The van der Waals surface area contributed by atoms with Gasteiger partial charge in [-0.15, -0.1) is 0 Å². The molecule has 0 aliphatic rings. The highest BCUT2D eigenvalue weighted by Gasteiger charge is 2.24. The second-order valence-corrected chi connectivity index (χ2v) is 6.16. The molecular formula is C18H19ClN2O4. The van der Waals surface area contributed by atoms with Gasteiger partial charge in [0.15, 0.2) is 11.9 Å². The average molecular weight is 363 g/mol. The number of ether oxygens (including phenoxy) is 1. The van der Waals surface area contributed by atoms with Gasteiger partial charge in [0.25, 0.3) is 5.91 Å². The molecule has 0 saturated carbocycles. The fourth-order valence-corrected chi connectivity index (χ4v) is 2.66. The van der Waals surface area contributed by atoms with Crippen molar-refractivity contribution >= 4 is 34.9 Å². The van der Waals surface area contributed by atoms with Crippen molar-refractivity contribution in [1.82, 2.24) is 4.98 Å². The number of rotatable bonds is 5. The van der Waals surface area contributed by atoms with Gasteiger partial charge in [-0.2, -0.15) is 0 Å². The van der Waals surface area contributed by atoms with Crippen LogP contribution in [0.5, 0.6) is 0 Å². The fraction of sp³-hybridized carbons (Fsp3) is 0.278. The second-order valence-electron chi connectivity index (χ2n) is 5.72. The minimum Gasteiger partial charge on any atom is -0.448 e. The number of nitrogens with one attached hydrogen (secondary N) is 2. The Labute approximate surface area is 150 Å². The van der Waals surface area contributed by atoms with Gasteiger partial charge in [-0.05, 0) is 57.5 Å². The van der Waals surface area contributed by atoms with Crippen molar-refractivity contribution < 1.29 is 19.1 Å². The lowest BCUT2D eigenvalue weighted by Crippen LogP contribution is -2.30. The summed E-state index contributed by atoms with van der Waals surface area (Å²) in [5.74, 6) is -1.30. The minimum atomic E-state index is -1.01. The fourth-order valence-electron chi connectivity index (χ4n) is 2.53. The average Bonchev–Trinajstić information content (AvgIpc) is 2.84. The van der Waals surface area contributed by atoms with Crippen LogP contribution < -0.4 is 5.32 Å². The summed E-state index contributed by atoms with van der Waals surface area (Å²) in [5.41, 5.74) is 2.29. The number of benzene rings is 1. The van der Waals surface area contributed by atoms with Crippen LogP contribution in [0.3, 0.4) is 0 Å². The molecule has 2 aromatic rings. The maximum absolute atomic E-state index is 12.3. The van der Waals surface area contributed by atoms with Crippen LogP contribution in [0.1, 0.15) is 46.0 Å². The van der Waals surface area contributed by atoms with Crippen molar-refractivity contribution in [3.8, 4) is 0 Å². The topological polar surface area (TPSA) is 88.3 Å². The third-order valence-electron chi connectivity index (χ3n) is 3.76. The lowest BCUT2D eigenvalue weighted by molar-refractivity contribution is -0.123. The third kappa shape index (κ3) is 4.28. The van der Waals surface area contributed by atoms with E-state index in [1.807, 2.05) is 0 Å². The van der Waals surface area contributed by atoms with E-state index in [1.54, 1.807) is 38.1 Å². The van der Waals surface area contributed by atoms with Crippen molar-refractivity contribution in [1.29, 1.82) is 0 Å². The van der Waals surface area contributed by atoms with Gasteiger partial charge in [0.1, 0.15) is 5.69 Å². The van der Waals surface area contributed by atoms with Crippen LogP contribution in [-0.2, 0) is 9.53 Å². The Morgan fingerprint density at radius 1 is 1.16 bits per heavy atom. The summed E-state index contributed by atoms with van der Waals surface area (Å²) in [4.78, 5) is 38.9. The summed E-state index contributed by atoms with van der Waals surface area (Å²) in [7, 11) is 0. The molecule has 1 aromatic heterocycles. The Kier molecular flexibility index (Phi) is 5.64. The van der Waals surface area contributed by atoms with E-state index < -0.39 is 18.0 Å². The number of hydrogen-bond acceptors (Lipinski definition) is 4. The summed E-state index contributed by atoms with van der Waals surface area (Å²) in [5, 5.41) is 3.19. The normalized spacial score (nSPS) is 11.7. The molecule has 0 saturated heterocycles. The van der Waals surface area contributed by atoms with E-state index in [1.165, 1.54) is 13.8 Å². The molecule has 0 aliphatic heterocycles. The second kappa shape index (κ2) is 7.53. The van der Waals surface area contributed by atoms with Gasteiger partial charge in [-0.25, -0.2) is 4.79 Å². The number of H-pyrrole nitrogens is 1. The number of anilines is 1. The molecule has 1 amide bonds. The number of ketones is 1. The highest BCUT2D eigenvalue weighted by Crippen LogP contribution is 2.20. The number of aryl methyl sites for hydroxylation is 1. The van der Waals surface area contributed by atoms with Gasteiger partial charge in [0.2, 0.25) is 0 Å². The smallest absolute Gasteiger partial charge is 0.355 e. The van der Waals surface area contributed by atoms with Crippen molar-refractivity contribution in [2.75, 3.05) is 5.32 Å². The minimum absolute atomic E-state index is 0.140. The van der Waals surface area contributed by atoms with E-state index in [0.717, 1.165) is 0 Å². The van der Waals surface area contributed by atoms with Gasteiger partial charge >= 0.3 is 5.97 Å². The molecule has 7 heteroatoms. The van der Waals surface area contributed by atoms with Gasteiger partial charge in [0, 0.05) is 22.0 Å². The number of aromatic amines is 1. The molecule has 25 heavy (non-hydrogen) atoms. The molecule has 0 spiro atoms. The first-order valence-electron chi connectivity index (χ1n) is 7.68. The molecule has 132 valence electrons. The highest BCUT2D eigenvalue weighted by molar-refractivity contribution is 6.30. The zero-order valence-corrected chi connectivity index (χ0v) is 15.2. The number of esters is 1. The van der Waals surface area contributed by atoms with Crippen LogP contribution >= 0.6 is 11.6 Å². The Hall–Kier alpha value is -2.60. The van der Waals surface area contributed by atoms with E-state index in [9.17, 15) is 14.4 Å². The van der Waals surface area contributed by atoms with Crippen molar-refractivity contribution in [2.24, 2.45) is 0 Å². The molecule has 1 aromatic carbocycles. The van der Waals surface area contributed by atoms with Gasteiger partial charge in [-0.3, -0.25) is 9.59 Å². The first-order chi connectivity index (χ1) is 11.7. The lowest BCUT2D eigenvalue weighted by Gasteiger charge is -2.13. The first-order valence-corrected chi connectivity index (χ1v) is 8.06. The van der Waals surface area contributed by atoms with E-state index in [4.69, 9.17) is 16.3 Å². The lowest BCUT2D eigenvalue weighted by atomic mass is 10.1. The van der Waals surface area contributed by atoms with E-state index in [2.05, 4.69) is 10.3 Å². The van der Waals surface area contributed by atoms with Crippen LogP contribution in [0.15, 0.2) is 24.3 Å². The number of carbonyl (C=O) groups excluding carboxylic acids is 3. The van der Waals surface area contributed by atoms with Crippen LogP contribution in [0.2, 0.25) is 5.02 Å². The number of halogens is 1. The number of carbonyl (C=O) groups is 3. The van der Waals surface area contributed by atoms with Crippen LogP contribution in [-0.4, -0.2) is 28.7 Å². The first kappa shape index (κ1) is 18.7. The van der Waals surface area contributed by atoms with Crippen LogP contribution in [0.4, 0.5) is 5.69 Å². The Balaban J connectivity index is 2.07. The molecule has 0 aliphatic carbocycles. The van der Waals surface area contributed by atoms with E-state index in [-0.39, 0.29) is 11.5 Å². The van der Waals surface area contributed by atoms with Crippen molar-refractivity contribution in [2.45, 2.75) is 33.8 Å². The summed E-state index contributed by atoms with van der Waals surface area (Å²) in [6.07, 6.45) is -1.01. The maximum atomic E-state index is 12.3. The SMILES string of the molecule is CC(=O)c1c(C)[nH]c(C(=O)OC(C)C(=O)Nc2ccc(Cl)cc2)c1C. The predicted molar refractivity (Wildman–Crippen MR) is 95.2 cm³/mol. The number of hydrogen-bond donors (Lipinski definition) is 2. The van der Waals surface area contributed by atoms with Gasteiger partial charge in [0.05, 0.1) is 0 Å². The van der Waals surface area contributed by atoms with Crippen molar-refractivity contribution in [3.63, 3.8) is 0 Å². The summed E-state index contributed by atoms with van der Waals surface area (Å²) in [6.45, 7) is 6.27. The Bertz CT molecular complexity index is 824. The zero-order chi connectivity index (χ0) is 18.7. The number of amides is 1. The van der Waals surface area contributed by atoms with E-state index in [0.29, 0.717) is 27.5 Å². The number of aromatic nitrogens is 1. The van der Waals surface area contributed by atoms with Crippen LogP contribution in [0, 0.1) is 13.8 Å². The molecule has 1 unspecified atom stereocenters. The molecule has 2 rings (SSSR count). The van der Waals surface area contributed by atoms with E-state index >= 15 is 0 Å². The molecular weight excluding hydrogens is 344 g/mol.